The van der Waals surface area contributed by atoms with Gasteiger partial charge in [-0.25, -0.2) is 8.42 Å². The summed E-state index contributed by atoms with van der Waals surface area (Å²) >= 11 is 1.86. The first-order valence-electron chi connectivity index (χ1n) is 5.55. The number of benzene rings is 1. The molecule has 0 saturated heterocycles. The number of hydrogen-bond donors (Lipinski definition) is 1. The van der Waals surface area contributed by atoms with E-state index in [9.17, 15) is 8.42 Å². The number of nitrogens with one attached hydrogen (secondary N) is 1. The second-order valence-corrected chi connectivity index (χ2v) is 7.77. The molecule has 1 aromatic rings. The first kappa shape index (κ1) is 12.8. The number of para-hydroxylation sites is 1. The Labute approximate surface area is 107 Å². The zero-order chi connectivity index (χ0) is 12.5. The fourth-order valence-electron chi connectivity index (χ4n) is 1.78. The highest BCUT2D eigenvalue weighted by Gasteiger charge is 2.41. The van der Waals surface area contributed by atoms with Crippen molar-refractivity contribution in [2.45, 2.75) is 22.5 Å². The van der Waals surface area contributed by atoms with Crippen molar-refractivity contribution in [3.63, 3.8) is 0 Å². The van der Waals surface area contributed by atoms with Crippen LogP contribution in [0.3, 0.4) is 0 Å². The Balaban J connectivity index is 2.16. The van der Waals surface area contributed by atoms with Crippen LogP contribution in [0.4, 0.5) is 5.69 Å². The molecule has 0 unspecified atom stereocenters. The smallest absolute Gasteiger partial charge is 0.177 e. The van der Waals surface area contributed by atoms with Gasteiger partial charge in [0.25, 0.3) is 0 Å². The van der Waals surface area contributed by atoms with E-state index in [1.807, 2.05) is 23.9 Å². The minimum atomic E-state index is -3.16. The third-order valence-electron chi connectivity index (χ3n) is 3.13. The molecular weight excluding hydrogens is 254 g/mol. The molecule has 1 aliphatic carbocycles. The van der Waals surface area contributed by atoms with Crippen LogP contribution in [0.15, 0.2) is 29.2 Å². The van der Waals surface area contributed by atoms with Crippen molar-refractivity contribution >= 4 is 27.3 Å². The summed E-state index contributed by atoms with van der Waals surface area (Å²) in [7, 11) is -3.16. The third-order valence-corrected chi connectivity index (χ3v) is 5.70. The Hall–Kier alpha value is -0.680. The van der Waals surface area contributed by atoms with Gasteiger partial charge >= 0.3 is 0 Å². The molecule has 1 aromatic carbocycles. The second-order valence-electron chi connectivity index (χ2n) is 4.51. The van der Waals surface area contributed by atoms with Gasteiger partial charge in [-0.05, 0) is 31.2 Å². The Kier molecular flexibility index (Phi) is 3.41. The van der Waals surface area contributed by atoms with Crippen LogP contribution in [0.1, 0.15) is 12.8 Å². The molecule has 3 nitrogen and oxygen atoms in total. The molecule has 1 fully saturated rings. The van der Waals surface area contributed by atoms with E-state index < -0.39 is 9.84 Å². The molecule has 0 radical (unpaired) electrons. The number of thioether (sulfide) groups is 1. The van der Waals surface area contributed by atoms with Gasteiger partial charge in [0.2, 0.25) is 0 Å². The van der Waals surface area contributed by atoms with E-state index in [2.05, 4.69) is 11.6 Å². The Morgan fingerprint density at radius 2 is 2.00 bits per heavy atom. The van der Waals surface area contributed by atoms with Crippen molar-refractivity contribution < 1.29 is 8.42 Å². The average Bonchev–Trinajstić information content (AvgIpc) is 3.06. The molecule has 2 rings (SSSR count). The van der Waals surface area contributed by atoms with Crippen LogP contribution in [0.25, 0.3) is 0 Å². The van der Waals surface area contributed by atoms with E-state index in [1.54, 1.807) is 12.1 Å². The van der Waals surface area contributed by atoms with Crippen molar-refractivity contribution in [1.29, 1.82) is 0 Å². The average molecular weight is 271 g/mol. The van der Waals surface area contributed by atoms with Crippen molar-refractivity contribution in [2.24, 2.45) is 0 Å². The van der Waals surface area contributed by atoms with E-state index in [4.69, 9.17) is 0 Å². The lowest BCUT2D eigenvalue weighted by Crippen LogP contribution is -2.18. The van der Waals surface area contributed by atoms with E-state index in [0.29, 0.717) is 9.64 Å². The van der Waals surface area contributed by atoms with Gasteiger partial charge in [-0.2, -0.15) is 11.8 Å². The van der Waals surface area contributed by atoms with E-state index in [0.717, 1.165) is 12.2 Å². The fourth-order valence-corrected chi connectivity index (χ4v) is 3.38. The first-order chi connectivity index (χ1) is 7.97. The second kappa shape index (κ2) is 4.53. The summed E-state index contributed by atoms with van der Waals surface area (Å²) in [4.78, 5) is 0.386. The summed E-state index contributed by atoms with van der Waals surface area (Å²) in [6, 6.07) is 7.09. The predicted octanol–water partition coefficient (Wildman–Crippen LogP) is 2.40. The topological polar surface area (TPSA) is 46.2 Å². The molecule has 5 heteroatoms. The van der Waals surface area contributed by atoms with Crippen molar-refractivity contribution in [3.05, 3.63) is 24.3 Å². The summed E-state index contributed by atoms with van der Waals surface area (Å²) < 4.78 is 23.6. The fraction of sp³-hybridized carbons (Fsp3) is 0.500. The highest BCUT2D eigenvalue weighted by molar-refractivity contribution is 8.00. The molecular formula is C12H17NO2S2. The van der Waals surface area contributed by atoms with Crippen molar-refractivity contribution in [3.8, 4) is 0 Å². The predicted molar refractivity (Wildman–Crippen MR) is 73.5 cm³/mol. The maximum Gasteiger partial charge on any atom is 0.177 e. The highest BCUT2D eigenvalue weighted by Crippen LogP contribution is 2.47. The molecule has 1 saturated carbocycles. The minimum absolute atomic E-state index is 0.324. The van der Waals surface area contributed by atoms with Crippen LogP contribution in [-0.2, 0) is 9.84 Å². The Bertz CT molecular complexity index is 507. The van der Waals surface area contributed by atoms with E-state index in [-0.39, 0.29) is 0 Å². The standard InChI is InChI=1S/C12H17NO2S2/c1-16-12(7-8-12)9-13-10-5-3-4-6-11(10)17(2,14)15/h3-6,13H,7-9H2,1-2H3. The maximum absolute atomic E-state index is 11.6. The Morgan fingerprint density at radius 1 is 1.35 bits per heavy atom. The van der Waals surface area contributed by atoms with Gasteiger partial charge in [-0.1, -0.05) is 12.1 Å². The van der Waals surface area contributed by atoms with Gasteiger partial charge in [0, 0.05) is 17.5 Å². The van der Waals surface area contributed by atoms with Gasteiger partial charge in [0.05, 0.1) is 10.6 Å². The SMILES string of the molecule is CSC1(CNc2ccccc2S(C)(=O)=O)CC1. The molecule has 0 bridgehead atoms. The van der Waals surface area contributed by atoms with Crippen LogP contribution in [0.2, 0.25) is 0 Å². The number of hydrogen-bond acceptors (Lipinski definition) is 4. The Morgan fingerprint density at radius 3 is 2.53 bits per heavy atom. The van der Waals surface area contributed by atoms with Gasteiger partial charge in [-0.3, -0.25) is 0 Å². The molecule has 0 atom stereocenters. The molecule has 0 aromatic heterocycles. The lowest BCUT2D eigenvalue weighted by molar-refractivity contribution is 0.602. The quantitative estimate of drug-likeness (QED) is 0.893. The van der Waals surface area contributed by atoms with Gasteiger partial charge in [0.1, 0.15) is 0 Å². The zero-order valence-corrected chi connectivity index (χ0v) is 11.7. The molecule has 0 aliphatic heterocycles. The number of anilines is 1. The van der Waals surface area contributed by atoms with Gasteiger partial charge in [0.15, 0.2) is 9.84 Å². The summed E-state index contributed by atoms with van der Waals surface area (Å²) in [5.74, 6) is 0. The van der Waals surface area contributed by atoms with Crippen LogP contribution in [0.5, 0.6) is 0 Å². The van der Waals surface area contributed by atoms with Crippen LogP contribution in [0, 0.1) is 0 Å². The van der Waals surface area contributed by atoms with Crippen molar-refractivity contribution in [1.82, 2.24) is 0 Å². The van der Waals surface area contributed by atoms with Crippen molar-refractivity contribution in [2.75, 3.05) is 24.4 Å². The van der Waals surface area contributed by atoms with Crippen LogP contribution in [-0.4, -0.2) is 32.2 Å². The normalized spacial score (nSPS) is 17.8. The molecule has 1 N–H and O–H groups in total. The number of sulfone groups is 1. The maximum atomic E-state index is 11.6. The van der Waals surface area contributed by atoms with Crippen LogP contribution < -0.4 is 5.32 Å². The van der Waals surface area contributed by atoms with Crippen LogP contribution >= 0.6 is 11.8 Å². The summed E-state index contributed by atoms with van der Waals surface area (Å²) in [5.41, 5.74) is 0.718. The van der Waals surface area contributed by atoms with E-state index >= 15 is 0 Å². The lowest BCUT2D eigenvalue weighted by atomic mass is 10.3. The molecule has 1 aliphatic rings. The molecule has 0 spiro atoms. The third kappa shape index (κ3) is 2.96. The summed E-state index contributed by atoms with van der Waals surface area (Å²) in [6.07, 6.45) is 5.77. The molecule has 94 valence electrons. The first-order valence-corrected chi connectivity index (χ1v) is 8.67. The minimum Gasteiger partial charge on any atom is -0.383 e. The highest BCUT2D eigenvalue weighted by atomic mass is 32.2. The number of rotatable bonds is 5. The molecule has 0 amide bonds. The lowest BCUT2D eigenvalue weighted by Gasteiger charge is -2.16. The molecule has 17 heavy (non-hydrogen) atoms. The van der Waals surface area contributed by atoms with E-state index in [1.165, 1.54) is 19.1 Å². The monoisotopic (exact) mass is 271 g/mol. The molecule has 0 heterocycles. The van der Waals surface area contributed by atoms with Gasteiger partial charge in [-0.15, -0.1) is 0 Å². The summed E-state index contributed by atoms with van der Waals surface area (Å²) in [5, 5.41) is 3.27. The summed E-state index contributed by atoms with van der Waals surface area (Å²) in [6.45, 7) is 0.834. The zero-order valence-electron chi connectivity index (χ0n) is 10.1. The largest absolute Gasteiger partial charge is 0.383 e. The van der Waals surface area contributed by atoms with Gasteiger partial charge < -0.3 is 5.32 Å².